The van der Waals surface area contributed by atoms with Gasteiger partial charge in [0.15, 0.2) is 6.29 Å². The maximum Gasteiger partial charge on any atom is 0.307 e. The summed E-state index contributed by atoms with van der Waals surface area (Å²) in [6.45, 7) is 7.09. The molecule has 3 fully saturated rings. The smallest absolute Gasteiger partial charge is 0.307 e. The van der Waals surface area contributed by atoms with Crippen LogP contribution in [-0.2, 0) is 19.0 Å². The molecule has 27 heavy (non-hydrogen) atoms. The Hall–Kier alpha value is -1.39. The molecule has 0 radical (unpaired) electrons. The van der Waals surface area contributed by atoms with Crippen LogP contribution in [0.25, 0.3) is 0 Å². The topological polar surface area (TPSA) is 51.2 Å². The Morgan fingerprint density at radius 3 is 2.74 bits per heavy atom. The monoisotopic (exact) mass is 376 g/mol. The summed E-state index contributed by atoms with van der Waals surface area (Å²) in [5.74, 6) is 6.16. The first-order valence-electron chi connectivity index (χ1n) is 9.71. The van der Waals surface area contributed by atoms with Crippen LogP contribution in [0.1, 0.15) is 32.6 Å². The molecule has 4 unspecified atom stereocenters. The third-order valence-electron chi connectivity index (χ3n) is 6.27. The standard InChI is InChI=1S/C21H32N2O4/c1-14(8-7-11-22(3)4)16-12-19(24)27-21(16)13-15(2)23-17(9-10-18(21)23)20(25-5)26-6/h15-18,20H,1,9-13H2,2-6H3/t15?,16-,17?,18?,21?/m0/s1. The lowest BCUT2D eigenvalue weighted by Crippen LogP contribution is -2.50. The minimum atomic E-state index is -0.527. The van der Waals surface area contributed by atoms with Crippen LogP contribution < -0.4 is 0 Å². The van der Waals surface area contributed by atoms with Crippen LogP contribution in [0, 0.1) is 17.8 Å². The molecule has 0 aromatic rings. The summed E-state index contributed by atoms with van der Waals surface area (Å²) in [5, 5.41) is 0. The Morgan fingerprint density at radius 1 is 1.41 bits per heavy atom. The fraction of sp³-hybridized carbons (Fsp3) is 0.762. The second-order valence-corrected chi connectivity index (χ2v) is 8.25. The highest BCUT2D eigenvalue weighted by Crippen LogP contribution is 2.54. The van der Waals surface area contributed by atoms with Crippen molar-refractivity contribution in [3.05, 3.63) is 12.2 Å². The van der Waals surface area contributed by atoms with Crippen molar-refractivity contribution in [1.82, 2.24) is 9.80 Å². The van der Waals surface area contributed by atoms with Crippen LogP contribution in [0.2, 0.25) is 0 Å². The molecule has 150 valence electrons. The normalized spacial score (nSPS) is 35.6. The molecule has 0 aromatic heterocycles. The average molecular weight is 376 g/mol. The summed E-state index contributed by atoms with van der Waals surface area (Å²) in [6, 6.07) is 0.618. The van der Waals surface area contributed by atoms with Crippen LogP contribution in [0.5, 0.6) is 0 Å². The molecule has 0 amide bonds. The Kier molecular flexibility index (Phi) is 5.97. The maximum absolute atomic E-state index is 12.3. The van der Waals surface area contributed by atoms with Crippen LogP contribution in [0.3, 0.4) is 0 Å². The first-order valence-corrected chi connectivity index (χ1v) is 9.71. The SMILES string of the molecule is C=C(C#CCN(C)C)[C@@H]1CC(=O)OC12CC(C)N1C(C(OC)OC)CCC12. The zero-order valence-electron chi connectivity index (χ0n) is 17.2. The number of carbonyl (C=O) groups is 1. The van der Waals surface area contributed by atoms with Gasteiger partial charge in [-0.25, -0.2) is 0 Å². The Labute approximate surface area is 162 Å². The van der Waals surface area contributed by atoms with E-state index in [2.05, 4.69) is 30.2 Å². The molecule has 3 aliphatic heterocycles. The third kappa shape index (κ3) is 3.54. The average Bonchev–Trinajstić information content (AvgIpc) is 3.25. The lowest BCUT2D eigenvalue weighted by atomic mass is 9.76. The van der Waals surface area contributed by atoms with Crippen molar-refractivity contribution in [2.24, 2.45) is 5.92 Å². The van der Waals surface area contributed by atoms with E-state index in [1.54, 1.807) is 14.2 Å². The number of rotatable bonds is 5. The highest BCUT2D eigenvalue weighted by molar-refractivity contribution is 5.74. The minimum absolute atomic E-state index is 0.0561. The molecule has 6 heteroatoms. The highest BCUT2D eigenvalue weighted by atomic mass is 16.7. The summed E-state index contributed by atoms with van der Waals surface area (Å²) in [5.41, 5.74) is 0.288. The van der Waals surface area contributed by atoms with Crippen molar-refractivity contribution < 1.29 is 19.0 Å². The van der Waals surface area contributed by atoms with E-state index in [0.717, 1.165) is 24.8 Å². The van der Waals surface area contributed by atoms with E-state index in [4.69, 9.17) is 14.2 Å². The van der Waals surface area contributed by atoms with Gasteiger partial charge in [-0.05, 0) is 33.9 Å². The van der Waals surface area contributed by atoms with Crippen LogP contribution in [0.15, 0.2) is 12.2 Å². The van der Waals surface area contributed by atoms with Crippen molar-refractivity contribution >= 4 is 5.97 Å². The molecule has 0 aromatic carbocycles. The van der Waals surface area contributed by atoms with Gasteiger partial charge in [0.25, 0.3) is 0 Å². The number of methoxy groups -OCH3 is 2. The van der Waals surface area contributed by atoms with Crippen molar-refractivity contribution in [1.29, 1.82) is 0 Å². The number of esters is 1. The van der Waals surface area contributed by atoms with E-state index < -0.39 is 5.60 Å². The molecule has 1 spiro atoms. The molecule has 5 atom stereocenters. The highest BCUT2D eigenvalue weighted by Gasteiger charge is 2.65. The first-order chi connectivity index (χ1) is 12.8. The summed E-state index contributed by atoms with van der Waals surface area (Å²) in [7, 11) is 7.33. The van der Waals surface area contributed by atoms with E-state index >= 15 is 0 Å². The van der Waals surface area contributed by atoms with E-state index in [-0.39, 0.29) is 36.3 Å². The van der Waals surface area contributed by atoms with Gasteiger partial charge in [0, 0.05) is 38.2 Å². The van der Waals surface area contributed by atoms with E-state index in [9.17, 15) is 4.79 Å². The molecule has 0 N–H and O–H groups in total. The fourth-order valence-electron chi connectivity index (χ4n) is 5.34. The number of hydrogen-bond donors (Lipinski definition) is 0. The predicted octanol–water partition coefficient (Wildman–Crippen LogP) is 1.65. The molecule has 3 aliphatic rings. The largest absolute Gasteiger partial charge is 0.457 e. The fourth-order valence-corrected chi connectivity index (χ4v) is 5.34. The molecule has 3 rings (SSSR count). The number of ether oxygens (including phenoxy) is 3. The van der Waals surface area contributed by atoms with Crippen molar-refractivity contribution in [3.8, 4) is 11.8 Å². The van der Waals surface area contributed by atoms with E-state index in [1.165, 1.54) is 0 Å². The van der Waals surface area contributed by atoms with Gasteiger partial charge < -0.3 is 14.2 Å². The summed E-state index contributed by atoms with van der Waals surface area (Å²) >= 11 is 0. The maximum atomic E-state index is 12.3. The molecule has 3 saturated heterocycles. The van der Waals surface area contributed by atoms with Gasteiger partial charge in [0.2, 0.25) is 0 Å². The van der Waals surface area contributed by atoms with Gasteiger partial charge in [0.1, 0.15) is 5.60 Å². The predicted molar refractivity (Wildman–Crippen MR) is 103 cm³/mol. The summed E-state index contributed by atoms with van der Waals surface area (Å²) < 4.78 is 17.1. The summed E-state index contributed by atoms with van der Waals surface area (Å²) in [4.78, 5) is 16.8. The van der Waals surface area contributed by atoms with Gasteiger partial charge in [-0.15, -0.1) is 0 Å². The first kappa shape index (κ1) is 20.3. The van der Waals surface area contributed by atoms with Crippen molar-refractivity contribution in [2.75, 3.05) is 34.9 Å². The Bertz CT molecular complexity index is 648. The van der Waals surface area contributed by atoms with E-state index in [0.29, 0.717) is 13.0 Å². The molecule has 6 nitrogen and oxygen atoms in total. The van der Waals surface area contributed by atoms with Gasteiger partial charge in [-0.2, -0.15) is 0 Å². The zero-order valence-corrected chi connectivity index (χ0v) is 17.2. The second kappa shape index (κ2) is 7.92. The second-order valence-electron chi connectivity index (χ2n) is 8.25. The lowest BCUT2D eigenvalue weighted by Gasteiger charge is -2.36. The van der Waals surface area contributed by atoms with Crippen LogP contribution >= 0.6 is 0 Å². The molecule has 3 heterocycles. The van der Waals surface area contributed by atoms with Crippen LogP contribution in [-0.4, -0.2) is 80.6 Å². The lowest BCUT2D eigenvalue weighted by molar-refractivity contribution is -0.154. The number of fused-ring (bicyclic) bond motifs is 2. The number of nitrogens with zero attached hydrogens (tertiary/aromatic N) is 2. The van der Waals surface area contributed by atoms with Gasteiger partial charge in [-0.1, -0.05) is 18.4 Å². The Morgan fingerprint density at radius 2 is 2.11 bits per heavy atom. The molecular weight excluding hydrogens is 344 g/mol. The number of hydrogen-bond acceptors (Lipinski definition) is 6. The van der Waals surface area contributed by atoms with Crippen molar-refractivity contribution in [3.63, 3.8) is 0 Å². The number of carbonyl (C=O) groups excluding carboxylic acids is 1. The molecular formula is C21H32N2O4. The van der Waals surface area contributed by atoms with Crippen LogP contribution in [0.4, 0.5) is 0 Å². The molecule has 0 saturated carbocycles. The minimum Gasteiger partial charge on any atom is -0.457 e. The Balaban J connectivity index is 1.86. The third-order valence-corrected chi connectivity index (χ3v) is 6.27. The van der Waals surface area contributed by atoms with Gasteiger partial charge in [-0.3, -0.25) is 14.6 Å². The van der Waals surface area contributed by atoms with E-state index in [1.807, 2.05) is 19.0 Å². The van der Waals surface area contributed by atoms with Crippen molar-refractivity contribution in [2.45, 2.75) is 62.6 Å². The molecule has 0 bridgehead atoms. The summed E-state index contributed by atoms with van der Waals surface area (Å²) in [6.07, 6.45) is 2.83. The zero-order chi connectivity index (χ0) is 19.8. The quantitative estimate of drug-likeness (QED) is 0.413. The van der Waals surface area contributed by atoms with Gasteiger partial charge in [0.05, 0.1) is 25.0 Å². The van der Waals surface area contributed by atoms with Gasteiger partial charge >= 0.3 is 5.97 Å². The molecule has 0 aliphatic carbocycles.